The number of aromatic nitrogens is 5. The van der Waals surface area contributed by atoms with Crippen molar-refractivity contribution >= 4 is 39.9 Å². The second-order valence-corrected chi connectivity index (χ2v) is 13.4. The molecule has 0 spiro atoms. The van der Waals surface area contributed by atoms with Gasteiger partial charge in [0.1, 0.15) is 11.5 Å². The lowest BCUT2D eigenvalue weighted by Gasteiger charge is -2.42. The Balaban J connectivity index is 1.17. The van der Waals surface area contributed by atoms with E-state index in [4.69, 9.17) is 10.1 Å². The lowest BCUT2D eigenvalue weighted by atomic mass is 9.75. The molecule has 5 aromatic rings. The van der Waals surface area contributed by atoms with Crippen LogP contribution >= 0.6 is 0 Å². The van der Waals surface area contributed by atoms with Gasteiger partial charge < -0.3 is 19.6 Å². The summed E-state index contributed by atoms with van der Waals surface area (Å²) >= 11 is 0. The fraction of sp³-hybridized carbons (Fsp3) is 0.378. The molecule has 234 valence electrons. The van der Waals surface area contributed by atoms with Crippen molar-refractivity contribution in [2.24, 2.45) is 13.0 Å². The number of carbonyl (C=O) groups excluding carboxylic acids is 1. The van der Waals surface area contributed by atoms with E-state index in [2.05, 4.69) is 37.5 Å². The molecule has 0 aliphatic heterocycles. The zero-order valence-electron chi connectivity index (χ0n) is 26.1. The molecular weight excluding hydrogens is 576 g/mol. The summed E-state index contributed by atoms with van der Waals surface area (Å²) in [7, 11) is 2.07. The van der Waals surface area contributed by atoms with Gasteiger partial charge in [0.25, 0.3) is 5.91 Å². The number of fused-ring (bicyclic) bond motifs is 2. The third-order valence-electron chi connectivity index (χ3n) is 10.4. The van der Waals surface area contributed by atoms with E-state index >= 15 is 0 Å². The van der Waals surface area contributed by atoms with E-state index in [1.165, 1.54) is 36.6 Å². The number of rotatable bonds is 9. The number of hydrogen-bond acceptors (Lipinski definition) is 5. The zero-order valence-corrected chi connectivity index (χ0v) is 26.1. The van der Waals surface area contributed by atoms with Crippen molar-refractivity contribution in [3.8, 4) is 11.4 Å². The van der Waals surface area contributed by atoms with E-state index in [9.17, 15) is 9.59 Å². The van der Waals surface area contributed by atoms with Crippen molar-refractivity contribution in [2.75, 3.05) is 0 Å². The molecular formula is C37H38N6O3. The van der Waals surface area contributed by atoms with Crippen LogP contribution in [0.2, 0.25) is 0 Å². The Hall–Kier alpha value is -4.79. The number of carboxylic acid groups (broad SMARTS) is 1. The second-order valence-electron chi connectivity index (χ2n) is 13.4. The van der Waals surface area contributed by atoms with Crippen LogP contribution < -0.4 is 5.32 Å². The van der Waals surface area contributed by atoms with Gasteiger partial charge in [0.2, 0.25) is 0 Å². The molecule has 0 unspecified atom stereocenters. The number of amides is 1. The van der Waals surface area contributed by atoms with Gasteiger partial charge in [0.15, 0.2) is 0 Å². The predicted molar refractivity (Wildman–Crippen MR) is 177 cm³/mol. The number of imidazole rings is 1. The maximum Gasteiger partial charge on any atom is 0.328 e. The standard InChI is InChI=1S/C37H38N6O3/c1-42-30-20-26(11-12-27(30)33(25-5-2-3-6-25)34(42)29-21-38-17-18-39-29)35(46)41-37(15-4-16-37)36-40-28-13-9-23(10-14-32(44)45)19-31(28)43(36)22-24-7-8-24/h9-14,17-21,24-25H,2-8,15-16,22H2,1H3,(H,41,46)(H,44,45). The third kappa shape index (κ3) is 4.98. The summed E-state index contributed by atoms with van der Waals surface area (Å²) in [5.74, 6) is 0.900. The van der Waals surface area contributed by atoms with Crippen molar-refractivity contribution in [1.29, 1.82) is 0 Å². The highest BCUT2D eigenvalue weighted by atomic mass is 16.4. The monoisotopic (exact) mass is 614 g/mol. The predicted octanol–water partition coefficient (Wildman–Crippen LogP) is 6.96. The molecule has 2 aromatic carbocycles. The van der Waals surface area contributed by atoms with Crippen LogP contribution in [0, 0.1) is 5.92 Å². The Morgan fingerprint density at radius 3 is 2.54 bits per heavy atom. The first-order valence-electron chi connectivity index (χ1n) is 16.5. The van der Waals surface area contributed by atoms with E-state index in [1.54, 1.807) is 18.5 Å². The lowest BCUT2D eigenvalue weighted by Crippen LogP contribution is -2.52. The summed E-state index contributed by atoms with van der Waals surface area (Å²) in [6.45, 7) is 0.847. The van der Waals surface area contributed by atoms with Crippen LogP contribution in [0.1, 0.15) is 91.0 Å². The number of nitrogens with one attached hydrogen (secondary N) is 1. The minimum Gasteiger partial charge on any atom is -0.478 e. The molecule has 3 aromatic heterocycles. The average molecular weight is 615 g/mol. The first kappa shape index (κ1) is 28.7. The maximum absolute atomic E-state index is 14.1. The molecule has 3 aliphatic rings. The number of carboxylic acids is 1. The van der Waals surface area contributed by atoms with Crippen LogP contribution in [-0.2, 0) is 23.9 Å². The van der Waals surface area contributed by atoms with Crippen LogP contribution in [0.25, 0.3) is 39.4 Å². The summed E-state index contributed by atoms with van der Waals surface area (Å²) in [5.41, 5.74) is 7.05. The lowest BCUT2D eigenvalue weighted by molar-refractivity contribution is -0.131. The molecule has 3 fully saturated rings. The fourth-order valence-corrected chi connectivity index (χ4v) is 7.71. The Labute approximate surface area is 267 Å². The summed E-state index contributed by atoms with van der Waals surface area (Å²) in [4.78, 5) is 39.4. The molecule has 9 nitrogen and oxygen atoms in total. The average Bonchev–Trinajstić information content (AvgIpc) is 3.44. The Morgan fingerprint density at radius 1 is 1.02 bits per heavy atom. The van der Waals surface area contributed by atoms with Gasteiger partial charge >= 0.3 is 5.97 Å². The Morgan fingerprint density at radius 2 is 1.85 bits per heavy atom. The van der Waals surface area contributed by atoms with Gasteiger partial charge in [-0.1, -0.05) is 25.0 Å². The number of hydrogen-bond donors (Lipinski definition) is 2. The third-order valence-corrected chi connectivity index (χ3v) is 10.4. The van der Waals surface area contributed by atoms with Gasteiger partial charge in [-0.25, -0.2) is 9.78 Å². The molecule has 0 saturated heterocycles. The smallest absolute Gasteiger partial charge is 0.328 e. The molecule has 9 heteroatoms. The van der Waals surface area contributed by atoms with Crippen molar-refractivity contribution in [1.82, 2.24) is 29.4 Å². The van der Waals surface area contributed by atoms with Crippen LogP contribution in [-0.4, -0.2) is 41.1 Å². The minimum absolute atomic E-state index is 0.0959. The number of benzene rings is 2. The molecule has 3 aliphatic carbocycles. The number of carbonyl (C=O) groups is 2. The van der Waals surface area contributed by atoms with Crippen molar-refractivity contribution < 1.29 is 14.7 Å². The quantitative estimate of drug-likeness (QED) is 0.174. The van der Waals surface area contributed by atoms with E-state index in [0.29, 0.717) is 17.4 Å². The molecule has 8 rings (SSSR count). The molecule has 1 amide bonds. The van der Waals surface area contributed by atoms with Crippen LogP contribution in [0.15, 0.2) is 61.1 Å². The Kier molecular flexibility index (Phi) is 7.00. The highest BCUT2D eigenvalue weighted by Crippen LogP contribution is 2.46. The summed E-state index contributed by atoms with van der Waals surface area (Å²) in [6.07, 6.45) is 17.9. The minimum atomic E-state index is -0.975. The topological polar surface area (TPSA) is 115 Å². The molecule has 2 N–H and O–H groups in total. The largest absolute Gasteiger partial charge is 0.478 e. The molecule has 3 saturated carbocycles. The van der Waals surface area contributed by atoms with Crippen molar-refractivity contribution in [2.45, 2.75) is 75.8 Å². The van der Waals surface area contributed by atoms with Gasteiger partial charge in [-0.05, 0) is 98.2 Å². The normalized spacial score (nSPS) is 18.0. The highest BCUT2D eigenvalue weighted by Gasteiger charge is 2.45. The summed E-state index contributed by atoms with van der Waals surface area (Å²) in [6, 6.07) is 12.0. The van der Waals surface area contributed by atoms with E-state index < -0.39 is 11.5 Å². The molecule has 0 radical (unpaired) electrons. The SMILES string of the molecule is Cn1c(-c2cnccn2)c(C2CCCC2)c2ccc(C(=O)NC3(c4nc5ccc(C=CC(=O)O)cc5n4CC4CC4)CCC3)cc21. The van der Waals surface area contributed by atoms with Gasteiger partial charge in [-0.15, -0.1) is 0 Å². The molecule has 3 heterocycles. The molecule has 0 atom stereocenters. The van der Waals surface area contributed by atoms with E-state index in [0.717, 1.165) is 84.1 Å². The fourth-order valence-electron chi connectivity index (χ4n) is 7.71. The second kappa shape index (κ2) is 11.2. The zero-order chi connectivity index (χ0) is 31.4. The molecule has 46 heavy (non-hydrogen) atoms. The van der Waals surface area contributed by atoms with E-state index in [1.807, 2.05) is 36.5 Å². The van der Waals surface area contributed by atoms with Crippen LogP contribution in [0.3, 0.4) is 0 Å². The van der Waals surface area contributed by atoms with Crippen molar-refractivity contribution in [3.05, 3.63) is 83.6 Å². The van der Waals surface area contributed by atoms with E-state index in [-0.39, 0.29) is 5.91 Å². The van der Waals surface area contributed by atoms with Gasteiger partial charge in [0, 0.05) is 48.5 Å². The highest BCUT2D eigenvalue weighted by molar-refractivity contribution is 6.01. The van der Waals surface area contributed by atoms with Crippen LogP contribution in [0.4, 0.5) is 0 Å². The number of aryl methyl sites for hydroxylation is 1. The van der Waals surface area contributed by atoms with Gasteiger partial charge in [-0.3, -0.25) is 14.8 Å². The Bertz CT molecular complexity index is 2010. The van der Waals surface area contributed by atoms with Crippen LogP contribution in [0.5, 0.6) is 0 Å². The van der Waals surface area contributed by atoms with Gasteiger partial charge in [-0.2, -0.15) is 0 Å². The number of nitrogens with zero attached hydrogens (tertiary/aromatic N) is 5. The van der Waals surface area contributed by atoms with Gasteiger partial charge in [0.05, 0.1) is 28.5 Å². The number of aliphatic carboxylic acids is 1. The maximum atomic E-state index is 14.1. The first-order chi connectivity index (χ1) is 22.4. The first-order valence-corrected chi connectivity index (χ1v) is 16.5. The summed E-state index contributed by atoms with van der Waals surface area (Å²) in [5, 5.41) is 13.8. The molecule has 0 bridgehead atoms. The van der Waals surface area contributed by atoms with Crippen molar-refractivity contribution in [3.63, 3.8) is 0 Å². The summed E-state index contributed by atoms with van der Waals surface area (Å²) < 4.78 is 4.47.